The molecule has 0 saturated heterocycles. The van der Waals surface area contributed by atoms with E-state index in [-0.39, 0.29) is 17.1 Å². The molecule has 0 aliphatic carbocycles. The zero-order chi connectivity index (χ0) is 23.6. The molecule has 0 bridgehead atoms. The summed E-state index contributed by atoms with van der Waals surface area (Å²) >= 11 is 6.29. The Kier molecular flexibility index (Phi) is 6.39. The van der Waals surface area contributed by atoms with Crippen LogP contribution in [-0.2, 0) is 0 Å². The third-order valence-corrected chi connectivity index (χ3v) is 6.00. The number of phenols is 1. The number of carbonyl (C=O) groups is 1. The number of hydrogen-bond acceptors (Lipinski definition) is 4. The van der Waals surface area contributed by atoms with E-state index in [2.05, 4.69) is 24.9 Å². The molecule has 2 heterocycles. The molecular weight excluding hydrogens is 434 g/mol. The summed E-state index contributed by atoms with van der Waals surface area (Å²) in [5.74, 6) is 0.148. The van der Waals surface area contributed by atoms with E-state index in [0.29, 0.717) is 22.0 Å². The van der Waals surface area contributed by atoms with Crippen molar-refractivity contribution in [3.63, 3.8) is 0 Å². The summed E-state index contributed by atoms with van der Waals surface area (Å²) < 4.78 is 6.17. The van der Waals surface area contributed by atoms with Crippen LogP contribution in [0.3, 0.4) is 0 Å². The Morgan fingerprint density at radius 3 is 2.79 bits per heavy atom. The average molecular weight is 460 g/mol. The minimum atomic E-state index is -0.462. The van der Waals surface area contributed by atoms with E-state index in [9.17, 15) is 9.90 Å². The maximum Gasteiger partial charge on any atom is 0.189 e. The van der Waals surface area contributed by atoms with Crippen molar-refractivity contribution in [1.29, 1.82) is 0 Å². The van der Waals surface area contributed by atoms with Gasteiger partial charge in [0.25, 0.3) is 0 Å². The maximum absolute atomic E-state index is 12.9. The van der Waals surface area contributed by atoms with Crippen molar-refractivity contribution in [2.45, 2.75) is 39.2 Å². The SMILES string of the molecule is CC(C)=CCCC1(C)C=Cc2c(ccc(C(=O)/C=C/c3cc4ccccc4nc3Cl)c2O)O1. The van der Waals surface area contributed by atoms with Crippen LogP contribution in [0.25, 0.3) is 23.1 Å². The highest BCUT2D eigenvalue weighted by atomic mass is 35.5. The Bertz CT molecular complexity index is 1320. The highest BCUT2D eigenvalue weighted by Crippen LogP contribution is 2.40. The van der Waals surface area contributed by atoms with E-state index in [1.54, 1.807) is 18.2 Å². The van der Waals surface area contributed by atoms with E-state index in [0.717, 1.165) is 23.7 Å². The largest absolute Gasteiger partial charge is 0.506 e. The zero-order valence-corrected chi connectivity index (χ0v) is 19.7. The fourth-order valence-corrected chi connectivity index (χ4v) is 4.05. The number of ether oxygens (including phenoxy) is 1. The van der Waals surface area contributed by atoms with Crippen LogP contribution in [0.1, 0.15) is 55.1 Å². The molecule has 2 aromatic carbocycles. The lowest BCUT2D eigenvalue weighted by molar-refractivity contribution is 0.104. The van der Waals surface area contributed by atoms with Crippen LogP contribution in [-0.4, -0.2) is 21.5 Å². The van der Waals surface area contributed by atoms with E-state index in [4.69, 9.17) is 16.3 Å². The van der Waals surface area contributed by atoms with Gasteiger partial charge in [0.05, 0.1) is 16.6 Å². The second-order valence-corrected chi connectivity index (χ2v) is 9.06. The molecule has 5 heteroatoms. The number of phenolic OH excluding ortho intramolecular Hbond substituents is 1. The highest BCUT2D eigenvalue weighted by Gasteiger charge is 2.29. The van der Waals surface area contributed by atoms with Crippen molar-refractivity contribution in [2.24, 2.45) is 0 Å². The Morgan fingerprint density at radius 1 is 1.21 bits per heavy atom. The van der Waals surface area contributed by atoms with Gasteiger partial charge in [-0.1, -0.05) is 41.4 Å². The maximum atomic E-state index is 12.9. The van der Waals surface area contributed by atoms with Gasteiger partial charge in [0.1, 0.15) is 22.3 Å². The van der Waals surface area contributed by atoms with Crippen LogP contribution in [0.5, 0.6) is 11.5 Å². The Morgan fingerprint density at radius 2 is 2.00 bits per heavy atom. The molecule has 1 unspecified atom stereocenters. The van der Waals surface area contributed by atoms with Gasteiger partial charge in [0.2, 0.25) is 0 Å². The van der Waals surface area contributed by atoms with Gasteiger partial charge in [-0.25, -0.2) is 4.98 Å². The fraction of sp³-hybridized carbons (Fsp3) is 0.214. The summed E-state index contributed by atoms with van der Waals surface area (Å²) in [4.78, 5) is 17.2. The van der Waals surface area contributed by atoms with Crippen LogP contribution in [0, 0.1) is 0 Å². The number of halogens is 1. The van der Waals surface area contributed by atoms with Gasteiger partial charge in [-0.3, -0.25) is 4.79 Å². The van der Waals surface area contributed by atoms with E-state index < -0.39 is 5.60 Å². The number of nitrogens with zero attached hydrogens (tertiary/aromatic N) is 1. The molecule has 168 valence electrons. The highest BCUT2D eigenvalue weighted by molar-refractivity contribution is 6.31. The smallest absolute Gasteiger partial charge is 0.189 e. The summed E-state index contributed by atoms with van der Waals surface area (Å²) in [5.41, 5.74) is 2.95. The summed E-state index contributed by atoms with van der Waals surface area (Å²) in [6.45, 7) is 6.17. The predicted molar refractivity (Wildman–Crippen MR) is 135 cm³/mol. The van der Waals surface area contributed by atoms with Crippen molar-refractivity contribution in [1.82, 2.24) is 4.98 Å². The van der Waals surface area contributed by atoms with Crippen molar-refractivity contribution in [2.75, 3.05) is 0 Å². The van der Waals surface area contributed by atoms with Gasteiger partial charge in [0, 0.05) is 10.9 Å². The van der Waals surface area contributed by atoms with E-state index in [1.165, 1.54) is 11.6 Å². The molecule has 33 heavy (non-hydrogen) atoms. The lowest BCUT2D eigenvalue weighted by atomic mass is 9.93. The molecule has 0 spiro atoms. The first-order valence-corrected chi connectivity index (χ1v) is 11.3. The Balaban J connectivity index is 1.55. The molecule has 0 fully saturated rings. The number of aromatic hydroxyl groups is 1. The number of para-hydroxylation sites is 1. The number of fused-ring (bicyclic) bond motifs is 2. The van der Waals surface area contributed by atoms with Gasteiger partial charge in [-0.2, -0.15) is 0 Å². The number of rotatable bonds is 6. The lowest BCUT2D eigenvalue weighted by Gasteiger charge is -2.32. The molecular formula is C28H26ClNO3. The number of hydrogen-bond donors (Lipinski definition) is 1. The summed E-state index contributed by atoms with van der Waals surface area (Å²) in [6, 6.07) is 12.9. The quantitative estimate of drug-likeness (QED) is 0.180. The molecule has 4 nitrogen and oxygen atoms in total. The normalized spacial score (nSPS) is 17.1. The van der Waals surface area contributed by atoms with Crippen LogP contribution in [0.15, 0.2) is 66.3 Å². The van der Waals surface area contributed by atoms with Crippen molar-refractivity contribution < 1.29 is 14.6 Å². The number of aromatic nitrogens is 1. The fourth-order valence-electron chi connectivity index (χ4n) is 3.85. The van der Waals surface area contributed by atoms with Crippen molar-refractivity contribution in [3.05, 3.63) is 88.1 Å². The number of pyridine rings is 1. The second kappa shape index (κ2) is 9.24. The first kappa shape index (κ1) is 22.8. The Labute approximate surface area is 198 Å². The number of carbonyl (C=O) groups excluding carboxylic acids is 1. The second-order valence-electron chi connectivity index (χ2n) is 8.70. The third kappa shape index (κ3) is 5.01. The minimum Gasteiger partial charge on any atom is -0.506 e. The molecule has 0 saturated carbocycles. The van der Waals surface area contributed by atoms with Gasteiger partial charge in [-0.05, 0) is 82.2 Å². The molecule has 3 aromatic rings. The Hall–Kier alpha value is -3.37. The number of ketones is 1. The van der Waals surface area contributed by atoms with Crippen molar-refractivity contribution >= 4 is 40.4 Å². The molecule has 1 N–H and O–H groups in total. The number of benzene rings is 2. The predicted octanol–water partition coefficient (Wildman–Crippen LogP) is 7.40. The third-order valence-electron chi connectivity index (χ3n) is 5.70. The van der Waals surface area contributed by atoms with Crippen LogP contribution in [0.2, 0.25) is 5.15 Å². The summed E-state index contributed by atoms with van der Waals surface area (Å²) in [7, 11) is 0. The standard InChI is InChI=1S/C28H26ClNO3/c1-18(2)7-6-15-28(3)16-14-22-25(33-28)13-11-21(26(22)32)24(31)12-10-20-17-19-8-4-5-9-23(19)30-27(20)29/h4-5,7-14,16-17,32H,6,15H2,1-3H3/b12-10+. The van der Waals surface area contributed by atoms with Gasteiger partial charge in [-0.15, -0.1) is 0 Å². The zero-order valence-electron chi connectivity index (χ0n) is 18.9. The van der Waals surface area contributed by atoms with Crippen LogP contribution in [0.4, 0.5) is 0 Å². The van der Waals surface area contributed by atoms with Crippen molar-refractivity contribution in [3.8, 4) is 11.5 Å². The molecule has 4 rings (SSSR count). The first-order valence-electron chi connectivity index (χ1n) is 10.9. The minimum absolute atomic E-state index is 0.0903. The number of allylic oxidation sites excluding steroid dienone is 3. The lowest BCUT2D eigenvalue weighted by Crippen LogP contribution is -2.31. The van der Waals surface area contributed by atoms with Gasteiger partial charge >= 0.3 is 0 Å². The average Bonchev–Trinajstić information content (AvgIpc) is 2.77. The van der Waals surface area contributed by atoms with Crippen LogP contribution < -0.4 is 4.74 Å². The molecule has 1 aromatic heterocycles. The van der Waals surface area contributed by atoms with Crippen LogP contribution >= 0.6 is 11.6 Å². The molecule has 0 radical (unpaired) electrons. The summed E-state index contributed by atoms with van der Waals surface area (Å²) in [5, 5.41) is 12.0. The van der Waals surface area contributed by atoms with E-state index >= 15 is 0 Å². The first-order chi connectivity index (χ1) is 15.8. The molecule has 1 aliphatic rings. The molecule has 1 atom stereocenters. The molecule has 1 aliphatic heterocycles. The van der Waals surface area contributed by atoms with E-state index in [1.807, 2.05) is 49.4 Å². The van der Waals surface area contributed by atoms with Gasteiger partial charge in [0.15, 0.2) is 5.78 Å². The topological polar surface area (TPSA) is 59.4 Å². The summed E-state index contributed by atoms with van der Waals surface area (Å²) in [6.07, 6.45) is 10.7. The monoisotopic (exact) mass is 459 g/mol. The van der Waals surface area contributed by atoms with Gasteiger partial charge < -0.3 is 9.84 Å². The molecule has 0 amide bonds.